The van der Waals surface area contributed by atoms with Gasteiger partial charge in [0.2, 0.25) is 0 Å². The molecular weight excluding hydrogens is 246 g/mol. The van der Waals surface area contributed by atoms with Gasteiger partial charge in [0.25, 0.3) is 0 Å². The minimum absolute atomic E-state index is 0.105. The third kappa shape index (κ3) is 2.15. The van der Waals surface area contributed by atoms with Crippen LogP contribution < -0.4 is 5.32 Å². The van der Waals surface area contributed by atoms with E-state index in [1.54, 1.807) is 6.92 Å². The summed E-state index contributed by atoms with van der Waals surface area (Å²) < 4.78 is 28.4. The fourth-order valence-corrected chi connectivity index (χ4v) is 2.45. The Morgan fingerprint density at radius 2 is 1.89 bits per heavy atom. The van der Waals surface area contributed by atoms with Crippen LogP contribution in [0.3, 0.4) is 0 Å². The first-order valence-corrected chi connectivity index (χ1v) is 6.52. The van der Waals surface area contributed by atoms with Crippen LogP contribution in [-0.2, 0) is 6.42 Å². The number of aryl methyl sites for hydroxylation is 2. The predicted molar refractivity (Wildman–Crippen MR) is 74.7 cm³/mol. The van der Waals surface area contributed by atoms with Gasteiger partial charge in [-0.15, -0.1) is 0 Å². The van der Waals surface area contributed by atoms with Crippen LogP contribution >= 0.6 is 0 Å². The molecule has 2 rings (SSSR count). The highest BCUT2D eigenvalue weighted by molar-refractivity contribution is 5.95. The number of hydrogen-bond donors (Lipinski definition) is 1. The van der Waals surface area contributed by atoms with Gasteiger partial charge in [-0.25, -0.2) is 13.8 Å². The Bertz CT molecular complexity index is 636. The first-order chi connectivity index (χ1) is 9.01. The van der Waals surface area contributed by atoms with Crippen LogP contribution in [0.15, 0.2) is 6.07 Å². The molecule has 1 heterocycles. The topological polar surface area (TPSA) is 24.9 Å². The molecule has 0 saturated carbocycles. The Morgan fingerprint density at radius 3 is 2.47 bits per heavy atom. The maximum atomic E-state index is 14.4. The normalized spacial score (nSPS) is 11.1. The first kappa shape index (κ1) is 13.7. The summed E-state index contributed by atoms with van der Waals surface area (Å²) in [6.45, 7) is 7.97. The van der Waals surface area contributed by atoms with Crippen molar-refractivity contribution >= 4 is 16.6 Å². The van der Waals surface area contributed by atoms with Crippen molar-refractivity contribution in [3.63, 3.8) is 0 Å². The third-order valence-electron chi connectivity index (χ3n) is 3.35. The van der Waals surface area contributed by atoms with Crippen LogP contribution in [0, 0.1) is 25.5 Å². The van der Waals surface area contributed by atoms with Gasteiger partial charge in [-0.05, 0) is 44.4 Å². The van der Waals surface area contributed by atoms with E-state index in [1.165, 1.54) is 6.07 Å². The number of aromatic nitrogens is 1. The highest BCUT2D eigenvalue weighted by Gasteiger charge is 2.18. The maximum Gasteiger partial charge on any atom is 0.149 e. The van der Waals surface area contributed by atoms with Crippen molar-refractivity contribution in [1.29, 1.82) is 0 Å². The molecule has 1 N–H and O–H groups in total. The summed E-state index contributed by atoms with van der Waals surface area (Å²) in [5, 5.41) is 3.43. The number of nitrogens with one attached hydrogen (secondary N) is 1. The van der Waals surface area contributed by atoms with Gasteiger partial charge in [-0.1, -0.05) is 6.92 Å². The standard InChI is InChI=1S/C15H18F2N2/c1-5-10-9(4)19-15-11(16)7-8(3)13(17)12(15)14(10)18-6-2/h7H,5-6H2,1-4H3,(H,18,19). The highest BCUT2D eigenvalue weighted by atomic mass is 19.1. The van der Waals surface area contributed by atoms with Crippen LogP contribution in [-0.4, -0.2) is 11.5 Å². The van der Waals surface area contributed by atoms with Gasteiger partial charge in [-0.2, -0.15) is 0 Å². The van der Waals surface area contributed by atoms with Gasteiger partial charge >= 0.3 is 0 Å². The van der Waals surface area contributed by atoms with Crippen LogP contribution in [0.2, 0.25) is 0 Å². The molecule has 4 heteroatoms. The molecular formula is C15H18F2N2. The van der Waals surface area contributed by atoms with E-state index in [0.717, 1.165) is 17.7 Å². The zero-order valence-corrected chi connectivity index (χ0v) is 11.7. The van der Waals surface area contributed by atoms with Gasteiger partial charge in [-0.3, -0.25) is 0 Å². The van der Waals surface area contributed by atoms with Crippen molar-refractivity contribution in [3.05, 3.63) is 34.5 Å². The Balaban J connectivity index is 2.97. The maximum absolute atomic E-state index is 14.4. The number of anilines is 1. The van der Waals surface area contributed by atoms with Crippen LogP contribution in [0.25, 0.3) is 10.9 Å². The smallest absolute Gasteiger partial charge is 0.149 e. The van der Waals surface area contributed by atoms with E-state index in [1.807, 2.05) is 20.8 Å². The summed E-state index contributed by atoms with van der Waals surface area (Å²) in [5.41, 5.74) is 2.77. The van der Waals surface area contributed by atoms with Gasteiger partial charge in [0.05, 0.1) is 11.1 Å². The SMILES string of the molecule is CCNc1c(CC)c(C)nc2c(F)cc(C)c(F)c12. The van der Waals surface area contributed by atoms with Gasteiger partial charge in [0, 0.05) is 12.2 Å². The van der Waals surface area contributed by atoms with Gasteiger partial charge < -0.3 is 5.32 Å². The van der Waals surface area contributed by atoms with E-state index in [4.69, 9.17) is 0 Å². The fourth-order valence-electron chi connectivity index (χ4n) is 2.45. The summed E-state index contributed by atoms with van der Waals surface area (Å²) >= 11 is 0. The zero-order chi connectivity index (χ0) is 14.2. The average molecular weight is 264 g/mol. The number of fused-ring (bicyclic) bond motifs is 1. The summed E-state index contributed by atoms with van der Waals surface area (Å²) in [6.07, 6.45) is 0.728. The van der Waals surface area contributed by atoms with E-state index >= 15 is 0 Å². The lowest BCUT2D eigenvalue weighted by atomic mass is 10.0. The quantitative estimate of drug-likeness (QED) is 0.901. The Labute approximate surface area is 111 Å². The Morgan fingerprint density at radius 1 is 1.21 bits per heavy atom. The number of nitrogens with zero attached hydrogens (tertiary/aromatic N) is 1. The van der Waals surface area contributed by atoms with E-state index in [2.05, 4.69) is 10.3 Å². The molecule has 0 aliphatic carbocycles. The van der Waals surface area contributed by atoms with Gasteiger partial charge in [0.15, 0.2) is 0 Å². The highest BCUT2D eigenvalue weighted by Crippen LogP contribution is 2.33. The van der Waals surface area contributed by atoms with Crippen LogP contribution in [0.5, 0.6) is 0 Å². The van der Waals surface area contributed by atoms with Crippen molar-refractivity contribution in [1.82, 2.24) is 4.98 Å². The fraction of sp³-hybridized carbons (Fsp3) is 0.400. The molecule has 0 atom stereocenters. The lowest BCUT2D eigenvalue weighted by Gasteiger charge is -2.17. The minimum Gasteiger partial charge on any atom is -0.384 e. The molecule has 102 valence electrons. The second-order valence-electron chi connectivity index (χ2n) is 4.65. The van der Waals surface area contributed by atoms with Crippen molar-refractivity contribution in [2.24, 2.45) is 0 Å². The number of benzene rings is 1. The molecule has 0 radical (unpaired) electrons. The Hall–Kier alpha value is -1.71. The summed E-state index contributed by atoms with van der Waals surface area (Å²) in [4.78, 5) is 4.24. The molecule has 2 nitrogen and oxygen atoms in total. The summed E-state index contributed by atoms with van der Waals surface area (Å²) in [5.74, 6) is -0.867. The number of rotatable bonds is 3. The van der Waals surface area contributed by atoms with Crippen LogP contribution in [0.4, 0.5) is 14.5 Å². The van der Waals surface area contributed by atoms with E-state index < -0.39 is 11.6 Å². The van der Waals surface area contributed by atoms with Crippen molar-refractivity contribution in [2.45, 2.75) is 34.1 Å². The summed E-state index contributed by atoms with van der Waals surface area (Å²) in [6, 6.07) is 1.20. The molecule has 0 amide bonds. The molecule has 1 aromatic carbocycles. The second kappa shape index (κ2) is 5.11. The zero-order valence-electron chi connectivity index (χ0n) is 11.7. The number of hydrogen-bond acceptors (Lipinski definition) is 2. The van der Waals surface area contributed by atoms with Gasteiger partial charge in [0.1, 0.15) is 17.2 Å². The van der Waals surface area contributed by atoms with Crippen molar-refractivity contribution < 1.29 is 8.78 Å². The summed E-state index contributed by atoms with van der Waals surface area (Å²) in [7, 11) is 0. The van der Waals surface area contributed by atoms with E-state index in [-0.39, 0.29) is 10.9 Å². The molecule has 2 aromatic rings. The lowest BCUT2D eigenvalue weighted by molar-refractivity contribution is 0.607. The number of halogens is 2. The molecule has 0 aliphatic heterocycles. The molecule has 0 saturated heterocycles. The largest absolute Gasteiger partial charge is 0.384 e. The first-order valence-electron chi connectivity index (χ1n) is 6.52. The predicted octanol–water partition coefficient (Wildman–Crippen LogP) is 4.12. The van der Waals surface area contributed by atoms with Crippen molar-refractivity contribution in [3.8, 4) is 0 Å². The Kier molecular flexibility index (Phi) is 3.69. The molecule has 0 aliphatic rings. The average Bonchev–Trinajstić information content (AvgIpc) is 2.36. The molecule has 1 aromatic heterocycles. The third-order valence-corrected chi connectivity index (χ3v) is 3.35. The molecule has 0 fully saturated rings. The minimum atomic E-state index is -0.473. The van der Waals surface area contributed by atoms with E-state index in [9.17, 15) is 8.78 Å². The molecule has 0 spiro atoms. The lowest BCUT2D eigenvalue weighted by Crippen LogP contribution is -2.07. The van der Waals surface area contributed by atoms with E-state index in [0.29, 0.717) is 17.8 Å². The monoisotopic (exact) mass is 264 g/mol. The molecule has 19 heavy (non-hydrogen) atoms. The number of pyridine rings is 1. The van der Waals surface area contributed by atoms with Crippen molar-refractivity contribution in [2.75, 3.05) is 11.9 Å². The molecule has 0 unspecified atom stereocenters. The second-order valence-corrected chi connectivity index (χ2v) is 4.65. The van der Waals surface area contributed by atoms with Crippen LogP contribution in [0.1, 0.15) is 30.7 Å². The molecule has 0 bridgehead atoms.